The van der Waals surface area contributed by atoms with Crippen molar-refractivity contribution in [3.63, 3.8) is 0 Å². The second kappa shape index (κ2) is 7.23. The fourth-order valence-electron chi connectivity index (χ4n) is 3.09. The van der Waals surface area contributed by atoms with Crippen LogP contribution in [0.1, 0.15) is 12.8 Å². The van der Waals surface area contributed by atoms with E-state index in [1.54, 1.807) is 4.90 Å². The number of hydrogen-bond donors (Lipinski definition) is 3. The number of likely N-dealkylation sites (tertiary alicyclic amines) is 1. The molecule has 1 aliphatic rings. The smallest absolute Gasteiger partial charge is 0.247 e. The molecule has 0 unspecified atom stereocenters. The van der Waals surface area contributed by atoms with Crippen LogP contribution in [0.25, 0.3) is 10.8 Å². The molecule has 0 saturated carbocycles. The molecular weight excluding hydrogens is 322 g/mol. The van der Waals surface area contributed by atoms with Crippen LogP contribution in [0.2, 0.25) is 0 Å². The van der Waals surface area contributed by atoms with Gasteiger partial charge in [-0.2, -0.15) is 12.6 Å². The molecule has 2 amide bonds. The number of carbonyl (C=O) groups is 2. The zero-order valence-corrected chi connectivity index (χ0v) is 14.2. The van der Waals surface area contributed by atoms with Crippen LogP contribution in [0, 0.1) is 0 Å². The minimum atomic E-state index is -0.664. The van der Waals surface area contributed by atoms with E-state index in [1.165, 1.54) is 0 Å². The summed E-state index contributed by atoms with van der Waals surface area (Å²) in [7, 11) is 0. The van der Waals surface area contributed by atoms with Crippen molar-refractivity contribution in [1.29, 1.82) is 0 Å². The molecule has 3 N–H and O–H groups in total. The van der Waals surface area contributed by atoms with E-state index in [2.05, 4.69) is 17.9 Å². The molecule has 1 fully saturated rings. The van der Waals surface area contributed by atoms with Crippen LogP contribution >= 0.6 is 12.6 Å². The molecule has 0 bridgehead atoms. The molecule has 2 aromatic rings. The predicted molar refractivity (Wildman–Crippen MR) is 99.1 cm³/mol. The number of nitrogens with zero attached hydrogens (tertiary/aromatic N) is 1. The van der Waals surface area contributed by atoms with E-state index in [4.69, 9.17) is 5.73 Å². The van der Waals surface area contributed by atoms with Crippen LogP contribution in [-0.4, -0.2) is 41.1 Å². The van der Waals surface area contributed by atoms with E-state index in [1.807, 2.05) is 42.5 Å². The van der Waals surface area contributed by atoms with Crippen molar-refractivity contribution in [2.24, 2.45) is 5.73 Å². The van der Waals surface area contributed by atoms with Gasteiger partial charge in [0.2, 0.25) is 11.8 Å². The Labute approximate surface area is 146 Å². The van der Waals surface area contributed by atoms with Gasteiger partial charge in [0, 0.05) is 18.0 Å². The fourth-order valence-corrected chi connectivity index (χ4v) is 3.24. The summed E-state index contributed by atoms with van der Waals surface area (Å²) in [6, 6.07) is 12.6. The average molecular weight is 343 g/mol. The Morgan fingerprint density at radius 3 is 2.75 bits per heavy atom. The third-order valence-corrected chi connectivity index (χ3v) is 4.76. The molecule has 0 radical (unpaired) electrons. The molecule has 1 aliphatic heterocycles. The third kappa shape index (κ3) is 3.39. The number of nitrogens with one attached hydrogen (secondary N) is 1. The van der Waals surface area contributed by atoms with Gasteiger partial charge in [-0.1, -0.05) is 30.3 Å². The molecule has 3 rings (SSSR count). The minimum absolute atomic E-state index is 0.164. The molecule has 2 atom stereocenters. The number of carbonyl (C=O) groups excluding carboxylic acids is 2. The fraction of sp³-hybridized carbons (Fsp3) is 0.333. The summed E-state index contributed by atoms with van der Waals surface area (Å²) in [5.74, 6) is -0.0994. The van der Waals surface area contributed by atoms with Crippen LogP contribution in [-0.2, 0) is 9.59 Å². The van der Waals surface area contributed by atoms with Gasteiger partial charge in [0.25, 0.3) is 0 Å². The maximum absolute atomic E-state index is 12.6. The summed E-state index contributed by atoms with van der Waals surface area (Å²) in [6.45, 7) is 0.566. The summed E-state index contributed by atoms with van der Waals surface area (Å²) in [4.78, 5) is 26.5. The van der Waals surface area contributed by atoms with Crippen LogP contribution in [0.15, 0.2) is 42.5 Å². The maximum atomic E-state index is 12.6. The lowest BCUT2D eigenvalue weighted by molar-refractivity contribution is -0.137. The molecule has 0 aromatic heterocycles. The molecule has 0 aliphatic carbocycles. The zero-order valence-electron chi connectivity index (χ0n) is 13.3. The van der Waals surface area contributed by atoms with E-state index >= 15 is 0 Å². The van der Waals surface area contributed by atoms with E-state index in [-0.39, 0.29) is 17.6 Å². The van der Waals surface area contributed by atoms with Crippen molar-refractivity contribution in [2.75, 3.05) is 17.6 Å². The van der Waals surface area contributed by atoms with Gasteiger partial charge in [0.15, 0.2) is 0 Å². The number of rotatable bonds is 4. The first-order valence-electron chi connectivity index (χ1n) is 8.07. The highest BCUT2D eigenvalue weighted by atomic mass is 32.1. The Hall–Kier alpha value is -2.05. The SMILES string of the molecule is N[C@@H](CS)C(=O)N1CCC[C@@H]1C(=O)Nc1ccc2ccccc2c1. The Bertz CT molecular complexity index is 765. The molecule has 0 spiro atoms. The molecule has 1 saturated heterocycles. The van der Waals surface area contributed by atoms with Crippen molar-refractivity contribution >= 4 is 40.9 Å². The Balaban J connectivity index is 1.74. The van der Waals surface area contributed by atoms with Crippen molar-refractivity contribution in [3.05, 3.63) is 42.5 Å². The van der Waals surface area contributed by atoms with Crippen molar-refractivity contribution < 1.29 is 9.59 Å². The first-order valence-corrected chi connectivity index (χ1v) is 8.70. The Morgan fingerprint density at radius 1 is 1.25 bits per heavy atom. The highest BCUT2D eigenvalue weighted by Crippen LogP contribution is 2.22. The molecule has 2 aromatic carbocycles. The van der Waals surface area contributed by atoms with Crippen LogP contribution < -0.4 is 11.1 Å². The van der Waals surface area contributed by atoms with E-state index < -0.39 is 12.1 Å². The normalized spacial score (nSPS) is 18.6. The summed E-state index contributed by atoms with van der Waals surface area (Å²) < 4.78 is 0. The number of fused-ring (bicyclic) bond motifs is 1. The van der Waals surface area contributed by atoms with Gasteiger partial charge in [-0.3, -0.25) is 9.59 Å². The number of amides is 2. The maximum Gasteiger partial charge on any atom is 0.247 e. The lowest BCUT2D eigenvalue weighted by Gasteiger charge is -2.26. The quantitative estimate of drug-likeness (QED) is 0.744. The zero-order chi connectivity index (χ0) is 17.1. The summed E-state index contributed by atoms with van der Waals surface area (Å²) in [5.41, 5.74) is 6.51. The van der Waals surface area contributed by atoms with Gasteiger partial charge in [-0.05, 0) is 35.7 Å². The second-order valence-corrected chi connectivity index (χ2v) is 6.40. The average Bonchev–Trinajstić information content (AvgIpc) is 3.10. The van der Waals surface area contributed by atoms with Gasteiger partial charge >= 0.3 is 0 Å². The van der Waals surface area contributed by atoms with Crippen LogP contribution in [0.4, 0.5) is 5.69 Å². The molecule has 5 nitrogen and oxygen atoms in total. The Kier molecular flexibility index (Phi) is 5.06. The van der Waals surface area contributed by atoms with Gasteiger partial charge in [0.05, 0.1) is 6.04 Å². The van der Waals surface area contributed by atoms with Gasteiger partial charge < -0.3 is 16.0 Å². The number of nitrogens with two attached hydrogens (primary N) is 1. The predicted octanol–water partition coefficient (Wildman–Crippen LogP) is 2.03. The second-order valence-electron chi connectivity index (χ2n) is 6.03. The largest absolute Gasteiger partial charge is 0.329 e. The number of anilines is 1. The van der Waals surface area contributed by atoms with Crippen molar-refractivity contribution in [1.82, 2.24) is 4.90 Å². The number of thiol groups is 1. The number of hydrogen-bond acceptors (Lipinski definition) is 4. The van der Waals surface area contributed by atoms with Crippen molar-refractivity contribution in [2.45, 2.75) is 24.9 Å². The van der Waals surface area contributed by atoms with Crippen LogP contribution in [0.3, 0.4) is 0 Å². The standard InChI is InChI=1S/C18H21N3O2S/c19-15(11-24)18(23)21-9-3-6-16(21)17(22)20-14-8-7-12-4-1-2-5-13(12)10-14/h1-2,4-5,7-8,10,15-16,24H,3,6,9,11,19H2,(H,20,22)/t15-,16+/m0/s1. The highest BCUT2D eigenvalue weighted by molar-refractivity contribution is 7.80. The monoisotopic (exact) mass is 343 g/mol. The summed E-state index contributed by atoms with van der Waals surface area (Å²) >= 11 is 4.07. The minimum Gasteiger partial charge on any atom is -0.329 e. The Morgan fingerprint density at radius 2 is 2.00 bits per heavy atom. The first-order chi connectivity index (χ1) is 11.6. The van der Waals surface area contributed by atoms with Crippen LogP contribution in [0.5, 0.6) is 0 Å². The molecular formula is C18H21N3O2S. The van der Waals surface area contributed by atoms with Crippen molar-refractivity contribution in [3.8, 4) is 0 Å². The molecule has 6 heteroatoms. The highest BCUT2D eigenvalue weighted by Gasteiger charge is 2.35. The third-order valence-electron chi connectivity index (χ3n) is 4.37. The van der Waals surface area contributed by atoms with Gasteiger partial charge in [0.1, 0.15) is 6.04 Å². The summed E-state index contributed by atoms with van der Waals surface area (Å²) in [6.07, 6.45) is 1.46. The van der Waals surface area contributed by atoms with Gasteiger partial charge in [-0.15, -0.1) is 0 Å². The van der Waals surface area contributed by atoms with E-state index in [0.29, 0.717) is 13.0 Å². The topological polar surface area (TPSA) is 75.4 Å². The van der Waals surface area contributed by atoms with E-state index in [9.17, 15) is 9.59 Å². The molecule has 126 valence electrons. The lowest BCUT2D eigenvalue weighted by atomic mass is 10.1. The van der Waals surface area contributed by atoms with Gasteiger partial charge in [-0.25, -0.2) is 0 Å². The lowest BCUT2D eigenvalue weighted by Crippen LogP contribution is -2.50. The first kappa shape index (κ1) is 16.8. The number of benzene rings is 2. The van der Waals surface area contributed by atoms with E-state index in [0.717, 1.165) is 22.9 Å². The molecule has 1 heterocycles. The summed E-state index contributed by atoms with van der Waals surface area (Å²) in [5, 5.41) is 5.11. The molecule has 24 heavy (non-hydrogen) atoms.